The standard InChI is InChI=1S/C6H6N2.Rf.Y/c7-5-3-1-2-4-6(5)8;;/h1,4H,7-8H2;;/q-2;;. The van der Waals surface area contributed by atoms with E-state index in [0.717, 1.165) is 0 Å². The maximum absolute atomic E-state index is 5.33. The molecule has 0 fully saturated rings. The number of benzene rings is 1. The zero-order valence-electron chi connectivity index (χ0n) is 5.59. The molecule has 10 heavy (non-hydrogen) atoms. The Morgan fingerprint density at radius 1 is 1.30 bits per heavy atom. The summed E-state index contributed by atoms with van der Waals surface area (Å²) in [5.41, 5.74) is 11.7. The maximum atomic E-state index is 5.33. The molecule has 47 valence electrons. The normalized spacial score (nSPS) is 7.20. The number of hydrogen-bond donors (Lipinski definition) is 2. The number of hydrogen-bond acceptors (Lipinski definition) is 2. The van der Waals surface area contributed by atoms with E-state index in [1.54, 1.807) is 12.1 Å². The van der Waals surface area contributed by atoms with Gasteiger partial charge in [0, 0.05) is 32.7 Å². The van der Waals surface area contributed by atoms with Gasteiger partial charge in [0.25, 0.3) is 0 Å². The molecule has 4 heteroatoms. The molecule has 0 aliphatic heterocycles. The van der Waals surface area contributed by atoms with Crippen LogP contribution in [0.15, 0.2) is 12.1 Å². The fourth-order valence-electron chi connectivity index (χ4n) is 0.412. The molecule has 0 saturated carbocycles. The summed E-state index contributed by atoms with van der Waals surface area (Å²) in [6.07, 6.45) is 0. The molecular weight excluding hydrogens is 456 g/mol. The Morgan fingerprint density at radius 2 is 1.90 bits per heavy atom. The summed E-state index contributed by atoms with van der Waals surface area (Å²) in [6.45, 7) is 0. The summed E-state index contributed by atoms with van der Waals surface area (Å²) in [4.78, 5) is 0. The molecule has 0 aliphatic carbocycles. The van der Waals surface area contributed by atoms with E-state index in [9.17, 15) is 0 Å². The SMILES string of the molecule is Nc1[c-]c[c-]cc1N.[Rf].[Y]. The van der Waals surface area contributed by atoms with Gasteiger partial charge in [-0.05, 0) is 0 Å². The fraction of sp³-hybridized carbons (Fsp3) is 0. The number of anilines is 2. The molecule has 1 aromatic rings. The van der Waals surface area contributed by atoms with Gasteiger partial charge in [0.1, 0.15) is 0 Å². The molecule has 4 N–H and O–H groups in total. The molecule has 0 bridgehead atoms. The molecule has 2 nitrogen and oxygen atoms in total. The molecule has 1 aromatic carbocycles. The van der Waals surface area contributed by atoms with Crippen LogP contribution in [0.1, 0.15) is 0 Å². The topological polar surface area (TPSA) is 52.0 Å². The summed E-state index contributed by atoms with van der Waals surface area (Å²) in [7, 11) is 0. The van der Waals surface area contributed by atoms with Gasteiger partial charge in [-0.1, -0.05) is 0 Å². The van der Waals surface area contributed by atoms with Crippen molar-refractivity contribution in [1.29, 1.82) is 0 Å². The van der Waals surface area contributed by atoms with Crippen LogP contribution in [0.2, 0.25) is 0 Å². The molecule has 0 amide bonds. The van der Waals surface area contributed by atoms with Crippen molar-refractivity contribution < 1.29 is 32.7 Å². The molecule has 0 saturated heterocycles. The van der Waals surface area contributed by atoms with Crippen molar-refractivity contribution in [2.75, 3.05) is 11.5 Å². The minimum atomic E-state index is 0. The Balaban J connectivity index is 0. The van der Waals surface area contributed by atoms with Gasteiger partial charge in [-0.3, -0.25) is 6.07 Å². The summed E-state index contributed by atoms with van der Waals surface area (Å²) in [5, 5.41) is 0. The Kier molecular flexibility index (Phi) is 5.58. The number of nitrogen functional groups attached to an aromatic ring is 2. The van der Waals surface area contributed by atoms with Crippen LogP contribution in [0.4, 0.5) is 11.4 Å². The summed E-state index contributed by atoms with van der Waals surface area (Å²) >= 11 is 0. The smallest absolute Gasteiger partial charge is 0 e. The van der Waals surface area contributed by atoms with Crippen LogP contribution in [0.5, 0.6) is 0 Å². The van der Waals surface area contributed by atoms with Gasteiger partial charge >= 0.3 is 0 Å². The van der Waals surface area contributed by atoms with E-state index in [1.807, 2.05) is 0 Å². The largest absolute Gasteiger partial charge is 0.501 e. The molecule has 1 rings (SSSR count). The van der Waals surface area contributed by atoms with Crippen LogP contribution in [-0.2, 0) is 32.7 Å². The molecule has 0 heterocycles. The monoisotopic (exact) mass is 462 g/mol. The van der Waals surface area contributed by atoms with Crippen LogP contribution >= 0.6 is 0 Å². The first-order valence-corrected chi connectivity index (χ1v) is 2.23. The van der Waals surface area contributed by atoms with Crippen LogP contribution in [0.3, 0.4) is 0 Å². The zero-order valence-corrected chi connectivity index (χ0v) is 14.8. The maximum Gasteiger partial charge on any atom is 0 e. The van der Waals surface area contributed by atoms with Crippen molar-refractivity contribution in [3.63, 3.8) is 0 Å². The second-order valence-corrected chi connectivity index (χ2v) is 1.47. The Hall–Kier alpha value is -1.08. The van der Waals surface area contributed by atoms with Gasteiger partial charge in [-0.15, -0.1) is 0 Å². The van der Waals surface area contributed by atoms with Crippen molar-refractivity contribution >= 4 is 11.4 Å². The third kappa shape index (κ3) is 2.47. The van der Waals surface area contributed by atoms with Gasteiger partial charge in [0.15, 0.2) is 0 Å². The second kappa shape index (κ2) is 4.77. The van der Waals surface area contributed by atoms with Crippen LogP contribution in [0, 0.1) is 12.1 Å². The molecular formula is C6H6N2RfY-2. The summed E-state index contributed by atoms with van der Waals surface area (Å²) in [5.74, 6) is 0. The summed E-state index contributed by atoms with van der Waals surface area (Å²) in [6, 6.07) is 8.66. The van der Waals surface area contributed by atoms with E-state index in [0.29, 0.717) is 11.4 Å². The van der Waals surface area contributed by atoms with Crippen molar-refractivity contribution in [2.45, 2.75) is 0 Å². The predicted molar refractivity (Wildman–Crippen MR) is 32.9 cm³/mol. The van der Waals surface area contributed by atoms with Crippen molar-refractivity contribution in [2.24, 2.45) is 0 Å². The predicted octanol–water partition coefficient (Wildman–Crippen LogP) is 0.449. The van der Waals surface area contributed by atoms with Gasteiger partial charge in [0.2, 0.25) is 0 Å². The van der Waals surface area contributed by atoms with E-state index < -0.39 is 0 Å². The first kappa shape index (κ1) is 11.7. The molecule has 0 spiro atoms. The first-order valence-electron chi connectivity index (χ1n) is 2.23. The minimum Gasteiger partial charge on any atom is -0.501 e. The van der Waals surface area contributed by atoms with Crippen molar-refractivity contribution in [3.05, 3.63) is 24.3 Å². The van der Waals surface area contributed by atoms with Gasteiger partial charge < -0.3 is 29.7 Å². The molecule has 0 unspecified atom stereocenters. The van der Waals surface area contributed by atoms with Gasteiger partial charge in [0.05, 0.1) is 0 Å². The van der Waals surface area contributed by atoms with E-state index in [-0.39, 0.29) is 32.7 Å². The van der Waals surface area contributed by atoms with E-state index in [1.165, 1.54) is 0 Å². The molecule has 0 aromatic heterocycles. The van der Waals surface area contributed by atoms with E-state index >= 15 is 0 Å². The van der Waals surface area contributed by atoms with E-state index in [4.69, 9.17) is 11.5 Å². The Morgan fingerprint density at radius 3 is 2.20 bits per heavy atom. The number of nitrogens with two attached hydrogens (primary N) is 2. The van der Waals surface area contributed by atoms with Crippen LogP contribution < -0.4 is 11.5 Å². The minimum absolute atomic E-state index is 0. The van der Waals surface area contributed by atoms with Crippen LogP contribution in [-0.4, -0.2) is 0 Å². The summed E-state index contributed by atoms with van der Waals surface area (Å²) < 4.78 is 0. The van der Waals surface area contributed by atoms with E-state index in [2.05, 4.69) is 12.1 Å². The first-order chi connectivity index (χ1) is 3.80. The molecule has 0 aliphatic rings. The van der Waals surface area contributed by atoms with Crippen molar-refractivity contribution in [1.82, 2.24) is 0 Å². The third-order valence-corrected chi connectivity index (χ3v) is 0.861. The Bertz CT molecular complexity index is 172. The molecule has 1 radical (unpaired) electrons. The second-order valence-electron chi connectivity index (χ2n) is 1.47. The Labute approximate surface area is 79.5 Å². The van der Waals surface area contributed by atoms with Crippen LogP contribution in [0.25, 0.3) is 0 Å². The fourth-order valence-corrected chi connectivity index (χ4v) is 0.412. The molecule has 0 atom stereocenters. The number of rotatable bonds is 0. The van der Waals surface area contributed by atoms with Crippen molar-refractivity contribution in [3.8, 4) is 0 Å². The van der Waals surface area contributed by atoms with Gasteiger partial charge in [-0.25, -0.2) is 0 Å². The quantitative estimate of drug-likeness (QED) is 0.435. The zero-order chi connectivity index (χ0) is 5.98. The average Bonchev–Trinajstić information content (AvgIpc) is 1.77. The average molecular weight is 462 g/mol. The van der Waals surface area contributed by atoms with Gasteiger partial charge in [-0.2, -0.15) is 11.4 Å². The third-order valence-electron chi connectivity index (χ3n) is 0.861.